The molecule has 0 saturated carbocycles. The molecule has 2 aromatic heterocycles. The van der Waals surface area contributed by atoms with Crippen LogP contribution in [0, 0.1) is 0 Å². The number of thiophene rings is 1. The van der Waals surface area contributed by atoms with E-state index in [0.29, 0.717) is 16.7 Å². The van der Waals surface area contributed by atoms with Crippen molar-refractivity contribution >= 4 is 16.3 Å². The summed E-state index contributed by atoms with van der Waals surface area (Å²) in [5, 5.41) is 6.42. The van der Waals surface area contributed by atoms with Crippen LogP contribution in [0.3, 0.4) is 0 Å². The summed E-state index contributed by atoms with van der Waals surface area (Å²) in [5.41, 5.74) is 6.57. The molecule has 0 fully saturated rings. The van der Waals surface area contributed by atoms with Crippen molar-refractivity contribution < 1.29 is 9.26 Å². The van der Waals surface area contributed by atoms with Gasteiger partial charge in [-0.3, -0.25) is 0 Å². The molecule has 19 heavy (non-hydrogen) atoms. The zero-order valence-electron chi connectivity index (χ0n) is 9.95. The van der Waals surface area contributed by atoms with Gasteiger partial charge in [0.1, 0.15) is 5.75 Å². The molecular formula is C13H11N3O2S. The highest BCUT2D eigenvalue weighted by Gasteiger charge is 2.12. The van der Waals surface area contributed by atoms with Gasteiger partial charge < -0.3 is 15.0 Å². The first-order valence-electron chi connectivity index (χ1n) is 5.67. The summed E-state index contributed by atoms with van der Waals surface area (Å²) in [6.45, 7) is 0.261. The molecule has 2 N–H and O–H groups in total. The van der Waals surface area contributed by atoms with Crippen molar-refractivity contribution in [3.05, 3.63) is 47.6 Å². The maximum Gasteiger partial charge on any atom is 0.261 e. The minimum atomic E-state index is 0.261. The quantitative estimate of drug-likeness (QED) is 0.791. The van der Waals surface area contributed by atoms with Crippen LogP contribution in [0.1, 0.15) is 5.82 Å². The number of ether oxygens (including phenoxy) is 1. The predicted molar refractivity (Wildman–Crippen MR) is 72.8 cm³/mol. The molecule has 96 valence electrons. The Kier molecular flexibility index (Phi) is 3.16. The molecule has 0 aliphatic rings. The van der Waals surface area contributed by atoms with Crippen molar-refractivity contribution in [3.63, 3.8) is 0 Å². The van der Waals surface area contributed by atoms with Gasteiger partial charge in [0.2, 0.25) is 5.82 Å². The summed E-state index contributed by atoms with van der Waals surface area (Å²) >= 11 is 1.44. The van der Waals surface area contributed by atoms with E-state index in [9.17, 15) is 0 Å². The van der Waals surface area contributed by atoms with Crippen molar-refractivity contribution in [3.8, 4) is 17.2 Å². The summed E-state index contributed by atoms with van der Waals surface area (Å²) in [6.07, 6.45) is 0. The maximum atomic E-state index is 5.81. The summed E-state index contributed by atoms with van der Waals surface area (Å²) in [5.74, 6) is 1.68. The first-order chi connectivity index (χ1) is 9.33. The van der Waals surface area contributed by atoms with Crippen LogP contribution >= 0.6 is 11.3 Å². The fourth-order valence-corrected chi connectivity index (χ4v) is 2.22. The number of para-hydroxylation sites is 1. The summed E-state index contributed by atoms with van der Waals surface area (Å²) < 4.78 is 10.7. The van der Waals surface area contributed by atoms with E-state index in [1.54, 1.807) is 0 Å². The number of hydrogen-bond donors (Lipinski definition) is 1. The number of hydrogen-bond acceptors (Lipinski definition) is 6. The number of aromatic nitrogens is 2. The number of benzene rings is 1. The Hall–Kier alpha value is -2.34. The maximum absolute atomic E-state index is 5.81. The zero-order chi connectivity index (χ0) is 13.1. The molecular weight excluding hydrogens is 262 g/mol. The largest absolute Gasteiger partial charge is 0.485 e. The minimum absolute atomic E-state index is 0.261. The van der Waals surface area contributed by atoms with Crippen LogP contribution in [-0.2, 0) is 6.61 Å². The highest BCUT2D eigenvalue weighted by molar-refractivity contribution is 7.14. The molecule has 5 nitrogen and oxygen atoms in total. The smallest absolute Gasteiger partial charge is 0.261 e. The minimum Gasteiger partial charge on any atom is -0.485 e. The highest BCUT2D eigenvalue weighted by atomic mass is 32.1. The number of rotatable bonds is 4. The Morgan fingerprint density at radius 3 is 2.79 bits per heavy atom. The van der Waals surface area contributed by atoms with Gasteiger partial charge in [-0.1, -0.05) is 23.4 Å². The summed E-state index contributed by atoms with van der Waals surface area (Å²) in [4.78, 5) is 4.25. The Labute approximate surface area is 113 Å². The van der Waals surface area contributed by atoms with Crippen LogP contribution in [0.4, 0.5) is 5.00 Å². The Morgan fingerprint density at radius 1 is 1.21 bits per heavy atom. The molecule has 0 radical (unpaired) electrons. The van der Waals surface area contributed by atoms with Gasteiger partial charge in [0, 0.05) is 0 Å². The molecule has 0 saturated heterocycles. The van der Waals surface area contributed by atoms with E-state index in [4.69, 9.17) is 15.0 Å². The molecule has 0 aliphatic heterocycles. The molecule has 0 bridgehead atoms. The SMILES string of the molecule is Nc1sccc1-c1nc(COc2ccccc2)no1. The molecule has 0 unspecified atom stereocenters. The van der Waals surface area contributed by atoms with Gasteiger partial charge in [0.25, 0.3) is 5.89 Å². The number of nitrogens with zero attached hydrogens (tertiary/aromatic N) is 2. The molecule has 0 aliphatic carbocycles. The molecule has 0 spiro atoms. The highest BCUT2D eigenvalue weighted by Crippen LogP contribution is 2.29. The molecule has 3 aromatic rings. The van der Waals surface area contributed by atoms with Gasteiger partial charge in [-0.25, -0.2) is 0 Å². The van der Waals surface area contributed by atoms with E-state index in [1.807, 2.05) is 41.8 Å². The van der Waals surface area contributed by atoms with E-state index >= 15 is 0 Å². The summed E-state index contributed by atoms with van der Waals surface area (Å²) in [6, 6.07) is 11.3. The van der Waals surface area contributed by atoms with Crippen molar-refractivity contribution in [2.75, 3.05) is 5.73 Å². The molecule has 1 aromatic carbocycles. The van der Waals surface area contributed by atoms with Gasteiger partial charge in [-0.15, -0.1) is 11.3 Å². The third-order valence-electron chi connectivity index (χ3n) is 2.50. The monoisotopic (exact) mass is 273 g/mol. The Bertz CT molecular complexity index is 663. The average molecular weight is 273 g/mol. The number of anilines is 1. The van der Waals surface area contributed by atoms with Gasteiger partial charge >= 0.3 is 0 Å². The van der Waals surface area contributed by atoms with Crippen LogP contribution in [0.25, 0.3) is 11.5 Å². The van der Waals surface area contributed by atoms with Crippen LogP contribution < -0.4 is 10.5 Å². The van der Waals surface area contributed by atoms with E-state index in [-0.39, 0.29) is 6.61 Å². The Balaban J connectivity index is 1.71. The van der Waals surface area contributed by atoms with Gasteiger partial charge in [-0.05, 0) is 23.6 Å². The second kappa shape index (κ2) is 5.11. The standard InChI is InChI=1S/C13H11N3O2S/c14-12-10(6-7-19-12)13-15-11(16-18-13)8-17-9-4-2-1-3-5-9/h1-7H,8,14H2. The van der Waals surface area contributed by atoms with Crippen LogP contribution in [0.15, 0.2) is 46.3 Å². The fraction of sp³-hybridized carbons (Fsp3) is 0.0769. The molecule has 3 rings (SSSR count). The average Bonchev–Trinajstić information content (AvgIpc) is 3.06. The summed E-state index contributed by atoms with van der Waals surface area (Å²) in [7, 11) is 0. The predicted octanol–water partition coefficient (Wildman–Crippen LogP) is 2.96. The molecule has 6 heteroatoms. The van der Waals surface area contributed by atoms with Gasteiger partial charge in [-0.2, -0.15) is 4.98 Å². The van der Waals surface area contributed by atoms with Gasteiger partial charge in [0.15, 0.2) is 6.61 Å². The second-order valence-electron chi connectivity index (χ2n) is 3.82. The van der Waals surface area contributed by atoms with E-state index in [1.165, 1.54) is 11.3 Å². The zero-order valence-corrected chi connectivity index (χ0v) is 10.8. The van der Waals surface area contributed by atoms with Crippen molar-refractivity contribution in [1.29, 1.82) is 0 Å². The van der Waals surface area contributed by atoms with Crippen LogP contribution in [0.5, 0.6) is 5.75 Å². The Morgan fingerprint density at radius 2 is 2.05 bits per heavy atom. The topological polar surface area (TPSA) is 74.2 Å². The van der Waals surface area contributed by atoms with Crippen LogP contribution in [-0.4, -0.2) is 10.1 Å². The normalized spacial score (nSPS) is 10.5. The number of nitrogen functional groups attached to an aromatic ring is 1. The lowest BCUT2D eigenvalue weighted by atomic mass is 10.3. The first kappa shape index (κ1) is 11.7. The molecule has 2 heterocycles. The van der Waals surface area contributed by atoms with E-state index < -0.39 is 0 Å². The lowest BCUT2D eigenvalue weighted by Gasteiger charge is -2.01. The van der Waals surface area contributed by atoms with Crippen molar-refractivity contribution in [2.45, 2.75) is 6.61 Å². The third kappa shape index (κ3) is 2.58. The molecule has 0 amide bonds. The second-order valence-corrected chi connectivity index (χ2v) is 4.76. The lowest BCUT2D eigenvalue weighted by molar-refractivity contribution is 0.287. The van der Waals surface area contributed by atoms with E-state index in [0.717, 1.165) is 11.3 Å². The molecule has 0 atom stereocenters. The first-order valence-corrected chi connectivity index (χ1v) is 6.54. The lowest BCUT2D eigenvalue weighted by Crippen LogP contribution is -1.97. The van der Waals surface area contributed by atoms with Gasteiger partial charge in [0.05, 0.1) is 10.6 Å². The van der Waals surface area contributed by atoms with Crippen molar-refractivity contribution in [2.24, 2.45) is 0 Å². The number of nitrogens with two attached hydrogens (primary N) is 1. The fourth-order valence-electron chi connectivity index (χ4n) is 1.58. The van der Waals surface area contributed by atoms with E-state index in [2.05, 4.69) is 10.1 Å². The van der Waals surface area contributed by atoms with Crippen LogP contribution in [0.2, 0.25) is 0 Å². The van der Waals surface area contributed by atoms with Crippen molar-refractivity contribution in [1.82, 2.24) is 10.1 Å². The third-order valence-corrected chi connectivity index (χ3v) is 3.25.